The van der Waals surface area contributed by atoms with Crippen LogP contribution >= 0.6 is 0 Å². The molecule has 0 amide bonds. The minimum atomic E-state index is -0.558. The first-order chi connectivity index (χ1) is 9.08. The van der Waals surface area contributed by atoms with E-state index in [9.17, 15) is 5.11 Å². The molecule has 0 aromatic heterocycles. The second-order valence-electron chi connectivity index (χ2n) is 6.04. The Bertz CT molecular complexity index is 390. The van der Waals surface area contributed by atoms with E-state index in [0.29, 0.717) is 12.6 Å². The number of aryl methyl sites for hydroxylation is 1. The second-order valence-corrected chi connectivity index (χ2v) is 6.04. The zero-order chi connectivity index (χ0) is 13.9. The zero-order valence-corrected chi connectivity index (χ0v) is 12.4. The molecule has 106 valence electrons. The number of rotatable bonds is 7. The van der Waals surface area contributed by atoms with Crippen LogP contribution < -0.4 is 5.32 Å². The zero-order valence-electron chi connectivity index (χ0n) is 12.4. The highest BCUT2D eigenvalue weighted by molar-refractivity contribution is 5.25. The molecule has 1 atom stereocenters. The van der Waals surface area contributed by atoms with Gasteiger partial charge in [0.05, 0.1) is 5.60 Å². The van der Waals surface area contributed by atoms with Gasteiger partial charge in [-0.05, 0) is 44.1 Å². The third kappa shape index (κ3) is 3.80. The van der Waals surface area contributed by atoms with Crippen molar-refractivity contribution < 1.29 is 5.11 Å². The Hall–Kier alpha value is -0.860. The van der Waals surface area contributed by atoms with Gasteiger partial charge < -0.3 is 10.4 Å². The van der Waals surface area contributed by atoms with Crippen molar-refractivity contribution in [2.24, 2.45) is 5.92 Å². The van der Waals surface area contributed by atoms with Gasteiger partial charge in [-0.3, -0.25) is 0 Å². The molecule has 1 aromatic rings. The molecule has 0 radical (unpaired) electrons. The smallest absolute Gasteiger partial charge is 0.0766 e. The van der Waals surface area contributed by atoms with Gasteiger partial charge in [0.25, 0.3) is 0 Å². The Kier molecular flexibility index (Phi) is 4.64. The first kappa shape index (κ1) is 14.5. The molecule has 1 fully saturated rings. The van der Waals surface area contributed by atoms with Gasteiger partial charge in [0, 0.05) is 12.6 Å². The van der Waals surface area contributed by atoms with Gasteiger partial charge in [-0.1, -0.05) is 43.7 Å². The van der Waals surface area contributed by atoms with Crippen LogP contribution in [-0.4, -0.2) is 17.3 Å². The van der Waals surface area contributed by atoms with Crippen molar-refractivity contribution in [3.8, 4) is 0 Å². The van der Waals surface area contributed by atoms with Gasteiger partial charge in [-0.2, -0.15) is 0 Å². The fourth-order valence-electron chi connectivity index (χ4n) is 2.56. The lowest BCUT2D eigenvalue weighted by molar-refractivity contribution is 0.0291. The summed E-state index contributed by atoms with van der Waals surface area (Å²) in [6.07, 6.45) is 4.23. The predicted molar refractivity (Wildman–Crippen MR) is 80.2 cm³/mol. The Balaban J connectivity index is 2.03. The second kappa shape index (κ2) is 6.06. The lowest BCUT2D eigenvalue weighted by Gasteiger charge is -2.29. The van der Waals surface area contributed by atoms with E-state index in [1.807, 2.05) is 0 Å². The summed E-state index contributed by atoms with van der Waals surface area (Å²) in [6.45, 7) is 6.93. The maximum atomic E-state index is 10.4. The summed E-state index contributed by atoms with van der Waals surface area (Å²) in [7, 11) is 0. The quantitative estimate of drug-likeness (QED) is 0.786. The first-order valence-electron chi connectivity index (χ1n) is 7.60. The van der Waals surface area contributed by atoms with Crippen LogP contribution in [0.1, 0.15) is 56.7 Å². The molecule has 1 aliphatic carbocycles. The van der Waals surface area contributed by atoms with E-state index in [1.54, 1.807) is 0 Å². The first-order valence-corrected chi connectivity index (χ1v) is 7.60. The number of hydrogen-bond donors (Lipinski definition) is 2. The molecular weight excluding hydrogens is 234 g/mol. The third-order valence-electron chi connectivity index (χ3n) is 4.50. The van der Waals surface area contributed by atoms with Crippen molar-refractivity contribution in [3.63, 3.8) is 0 Å². The number of hydrogen-bond acceptors (Lipinski definition) is 2. The normalized spacial score (nSPS) is 17.5. The molecule has 1 saturated carbocycles. The largest absolute Gasteiger partial charge is 0.389 e. The highest BCUT2D eigenvalue weighted by Gasteiger charge is 2.33. The van der Waals surface area contributed by atoms with Gasteiger partial charge in [0.1, 0.15) is 0 Å². The molecule has 0 bridgehead atoms. The van der Waals surface area contributed by atoms with E-state index < -0.39 is 5.60 Å². The van der Waals surface area contributed by atoms with Gasteiger partial charge in [0.15, 0.2) is 0 Å². The van der Waals surface area contributed by atoms with Crippen LogP contribution in [0, 0.1) is 12.8 Å². The summed E-state index contributed by atoms with van der Waals surface area (Å²) < 4.78 is 0. The SMILES string of the molecule is CCC(O)(CC)CNC(c1ccc(C)cc1)C1CC1. The summed E-state index contributed by atoms with van der Waals surface area (Å²) in [5.41, 5.74) is 2.11. The molecule has 0 aliphatic heterocycles. The van der Waals surface area contributed by atoms with Crippen molar-refractivity contribution >= 4 is 0 Å². The van der Waals surface area contributed by atoms with E-state index in [1.165, 1.54) is 24.0 Å². The van der Waals surface area contributed by atoms with Crippen molar-refractivity contribution in [2.45, 2.75) is 58.1 Å². The fraction of sp³-hybridized carbons (Fsp3) is 0.647. The predicted octanol–water partition coefficient (Wildman–Crippen LogP) is 3.59. The highest BCUT2D eigenvalue weighted by atomic mass is 16.3. The molecule has 2 heteroatoms. The summed E-state index contributed by atoms with van der Waals surface area (Å²) >= 11 is 0. The average Bonchev–Trinajstić information content (AvgIpc) is 3.25. The standard InChI is InChI=1S/C17H27NO/c1-4-17(19,5-2)12-18-16(15-10-11-15)14-8-6-13(3)7-9-14/h6-9,15-16,18-19H,4-5,10-12H2,1-3H3. The van der Waals surface area contributed by atoms with Crippen LogP contribution in [0.2, 0.25) is 0 Å². The molecule has 0 saturated heterocycles. The van der Waals surface area contributed by atoms with E-state index in [0.717, 1.165) is 18.8 Å². The summed E-state index contributed by atoms with van der Waals surface area (Å²) in [5, 5.41) is 14.0. The summed E-state index contributed by atoms with van der Waals surface area (Å²) in [5.74, 6) is 0.751. The van der Waals surface area contributed by atoms with E-state index in [2.05, 4.69) is 50.4 Å². The average molecular weight is 261 g/mol. The van der Waals surface area contributed by atoms with Crippen molar-refractivity contribution in [1.29, 1.82) is 0 Å². The van der Waals surface area contributed by atoms with Crippen molar-refractivity contribution in [2.75, 3.05) is 6.54 Å². The molecule has 2 rings (SSSR count). The van der Waals surface area contributed by atoms with E-state index >= 15 is 0 Å². The summed E-state index contributed by atoms with van der Waals surface area (Å²) in [6, 6.07) is 9.21. The Morgan fingerprint density at radius 2 is 1.79 bits per heavy atom. The number of benzene rings is 1. The topological polar surface area (TPSA) is 32.3 Å². The molecule has 2 nitrogen and oxygen atoms in total. The van der Waals surface area contributed by atoms with Gasteiger partial charge in [0.2, 0.25) is 0 Å². The Labute approximate surface area is 117 Å². The lowest BCUT2D eigenvalue weighted by Crippen LogP contribution is -2.41. The highest BCUT2D eigenvalue weighted by Crippen LogP contribution is 2.41. The molecule has 1 aliphatic rings. The monoisotopic (exact) mass is 261 g/mol. The van der Waals surface area contributed by atoms with Crippen molar-refractivity contribution in [1.82, 2.24) is 5.32 Å². The minimum absolute atomic E-state index is 0.408. The van der Waals surface area contributed by atoms with Gasteiger partial charge in [-0.15, -0.1) is 0 Å². The molecule has 2 N–H and O–H groups in total. The van der Waals surface area contributed by atoms with Crippen LogP contribution in [0.25, 0.3) is 0 Å². The lowest BCUT2D eigenvalue weighted by atomic mass is 9.95. The Morgan fingerprint density at radius 3 is 2.26 bits per heavy atom. The van der Waals surface area contributed by atoms with Crippen LogP contribution in [-0.2, 0) is 0 Å². The maximum Gasteiger partial charge on any atom is 0.0766 e. The van der Waals surface area contributed by atoms with Crippen LogP contribution in [0.5, 0.6) is 0 Å². The minimum Gasteiger partial charge on any atom is -0.389 e. The van der Waals surface area contributed by atoms with Crippen LogP contribution in [0.4, 0.5) is 0 Å². The Morgan fingerprint density at radius 1 is 1.21 bits per heavy atom. The van der Waals surface area contributed by atoms with Crippen molar-refractivity contribution in [3.05, 3.63) is 35.4 Å². The van der Waals surface area contributed by atoms with Gasteiger partial charge >= 0.3 is 0 Å². The maximum absolute atomic E-state index is 10.4. The molecule has 0 spiro atoms. The van der Waals surface area contributed by atoms with Crippen LogP contribution in [0.15, 0.2) is 24.3 Å². The summed E-state index contributed by atoms with van der Waals surface area (Å²) in [4.78, 5) is 0. The van der Waals surface area contributed by atoms with Crippen LogP contribution in [0.3, 0.4) is 0 Å². The molecule has 19 heavy (non-hydrogen) atoms. The fourth-order valence-corrected chi connectivity index (χ4v) is 2.56. The van der Waals surface area contributed by atoms with E-state index in [-0.39, 0.29) is 0 Å². The molecule has 1 unspecified atom stereocenters. The molecule has 0 heterocycles. The van der Waals surface area contributed by atoms with Gasteiger partial charge in [-0.25, -0.2) is 0 Å². The third-order valence-corrected chi connectivity index (χ3v) is 4.50. The number of aliphatic hydroxyl groups is 1. The molecule has 1 aromatic carbocycles. The van der Waals surface area contributed by atoms with E-state index in [4.69, 9.17) is 0 Å². The molecular formula is C17H27NO. The number of nitrogens with one attached hydrogen (secondary N) is 1.